The lowest BCUT2D eigenvalue weighted by Crippen LogP contribution is -2.48. The maximum absolute atomic E-state index is 11.9. The Morgan fingerprint density at radius 3 is 2.20 bits per heavy atom. The second-order valence-corrected chi connectivity index (χ2v) is 4.33. The number of carbonyl (C=O) groups excluding carboxylic acids is 1. The van der Waals surface area contributed by atoms with Crippen LogP contribution in [0.2, 0.25) is 0 Å². The molecule has 0 saturated heterocycles. The van der Waals surface area contributed by atoms with Crippen LogP contribution >= 0.6 is 0 Å². The van der Waals surface area contributed by atoms with Crippen LogP contribution in [-0.2, 0) is 4.79 Å². The third kappa shape index (κ3) is 4.24. The highest BCUT2D eigenvalue weighted by molar-refractivity contribution is 5.94. The van der Waals surface area contributed by atoms with E-state index in [9.17, 15) is 14.7 Å². The van der Waals surface area contributed by atoms with Gasteiger partial charge >= 0.3 is 5.97 Å². The van der Waals surface area contributed by atoms with Crippen LogP contribution in [-0.4, -0.2) is 52.7 Å². The molecule has 1 rings (SSSR count). The third-order valence-corrected chi connectivity index (χ3v) is 3.12. The molecule has 110 valence electrons. The molecule has 20 heavy (non-hydrogen) atoms. The largest absolute Gasteiger partial charge is 0.508 e. The number of phenolic OH excluding ortho intramolecular Hbond substituents is 1. The van der Waals surface area contributed by atoms with Gasteiger partial charge in [-0.05, 0) is 37.4 Å². The number of rotatable bonds is 7. The number of likely N-dealkylation sites (N-methyl/N-ethyl adjacent to an activating group) is 1. The van der Waals surface area contributed by atoms with Gasteiger partial charge in [-0.2, -0.15) is 0 Å². The second kappa shape index (κ2) is 7.49. The zero-order valence-corrected chi connectivity index (χ0v) is 11.7. The molecular weight excluding hydrogens is 260 g/mol. The SMILES string of the molecule is CCN(CC)C(CNC(=O)c1ccc(O)cc1)C(=O)O. The molecule has 1 aromatic carbocycles. The zero-order valence-electron chi connectivity index (χ0n) is 11.7. The van der Waals surface area contributed by atoms with E-state index >= 15 is 0 Å². The fourth-order valence-corrected chi connectivity index (χ4v) is 1.94. The molecule has 1 unspecified atom stereocenters. The minimum absolute atomic E-state index is 0.0384. The number of nitrogens with zero attached hydrogens (tertiary/aromatic N) is 1. The highest BCUT2D eigenvalue weighted by Crippen LogP contribution is 2.09. The van der Waals surface area contributed by atoms with Gasteiger partial charge in [-0.1, -0.05) is 13.8 Å². The average Bonchev–Trinajstić information content (AvgIpc) is 2.43. The van der Waals surface area contributed by atoms with E-state index in [2.05, 4.69) is 5.32 Å². The van der Waals surface area contributed by atoms with Crippen molar-refractivity contribution in [3.63, 3.8) is 0 Å². The Morgan fingerprint density at radius 1 is 1.20 bits per heavy atom. The molecule has 6 nitrogen and oxygen atoms in total. The van der Waals surface area contributed by atoms with Gasteiger partial charge in [-0.3, -0.25) is 14.5 Å². The van der Waals surface area contributed by atoms with Crippen molar-refractivity contribution in [2.45, 2.75) is 19.9 Å². The van der Waals surface area contributed by atoms with Gasteiger partial charge in [-0.15, -0.1) is 0 Å². The van der Waals surface area contributed by atoms with Crippen LogP contribution < -0.4 is 5.32 Å². The van der Waals surface area contributed by atoms with Crippen molar-refractivity contribution in [1.29, 1.82) is 0 Å². The first-order valence-electron chi connectivity index (χ1n) is 6.53. The molecule has 0 fully saturated rings. The lowest BCUT2D eigenvalue weighted by molar-refractivity contribution is -0.142. The van der Waals surface area contributed by atoms with Crippen LogP contribution in [0.5, 0.6) is 5.75 Å². The van der Waals surface area contributed by atoms with E-state index in [4.69, 9.17) is 5.11 Å². The third-order valence-electron chi connectivity index (χ3n) is 3.12. The number of hydrogen-bond acceptors (Lipinski definition) is 4. The summed E-state index contributed by atoms with van der Waals surface area (Å²) in [4.78, 5) is 24.9. The first-order valence-corrected chi connectivity index (χ1v) is 6.53. The molecule has 1 amide bonds. The fourth-order valence-electron chi connectivity index (χ4n) is 1.94. The minimum atomic E-state index is -0.959. The monoisotopic (exact) mass is 280 g/mol. The predicted molar refractivity (Wildman–Crippen MR) is 74.8 cm³/mol. The number of nitrogens with one attached hydrogen (secondary N) is 1. The van der Waals surface area contributed by atoms with Gasteiger partial charge in [0.25, 0.3) is 5.91 Å². The number of benzene rings is 1. The molecule has 0 aliphatic heterocycles. The molecule has 0 aliphatic rings. The summed E-state index contributed by atoms with van der Waals surface area (Å²) < 4.78 is 0. The molecule has 1 aromatic rings. The quantitative estimate of drug-likeness (QED) is 0.691. The molecule has 0 bridgehead atoms. The van der Waals surface area contributed by atoms with Crippen molar-refractivity contribution in [2.24, 2.45) is 0 Å². The highest BCUT2D eigenvalue weighted by Gasteiger charge is 2.23. The molecule has 0 aromatic heterocycles. The van der Waals surface area contributed by atoms with Gasteiger partial charge in [0.1, 0.15) is 11.8 Å². The van der Waals surface area contributed by atoms with Crippen molar-refractivity contribution >= 4 is 11.9 Å². The smallest absolute Gasteiger partial charge is 0.322 e. The van der Waals surface area contributed by atoms with E-state index in [1.165, 1.54) is 24.3 Å². The van der Waals surface area contributed by atoms with Gasteiger partial charge in [0.2, 0.25) is 0 Å². The number of hydrogen-bond donors (Lipinski definition) is 3. The number of carbonyl (C=O) groups is 2. The topological polar surface area (TPSA) is 89.9 Å². The van der Waals surface area contributed by atoms with Crippen LogP contribution in [0, 0.1) is 0 Å². The maximum Gasteiger partial charge on any atom is 0.322 e. The fraction of sp³-hybridized carbons (Fsp3) is 0.429. The van der Waals surface area contributed by atoms with Gasteiger partial charge in [0.05, 0.1) is 0 Å². The molecule has 0 heterocycles. The Bertz CT molecular complexity index is 455. The van der Waals surface area contributed by atoms with Crippen molar-refractivity contribution in [3.05, 3.63) is 29.8 Å². The van der Waals surface area contributed by atoms with E-state index in [1.807, 2.05) is 13.8 Å². The number of phenols is 1. The summed E-state index contributed by atoms with van der Waals surface area (Å²) in [7, 11) is 0. The summed E-state index contributed by atoms with van der Waals surface area (Å²) in [5.41, 5.74) is 0.381. The molecule has 0 radical (unpaired) electrons. The Balaban J connectivity index is 2.65. The molecule has 6 heteroatoms. The van der Waals surface area contributed by atoms with Crippen LogP contribution in [0.25, 0.3) is 0 Å². The number of amides is 1. The van der Waals surface area contributed by atoms with Crippen molar-refractivity contribution < 1.29 is 19.8 Å². The lowest BCUT2D eigenvalue weighted by atomic mass is 10.2. The summed E-state index contributed by atoms with van der Waals surface area (Å²) >= 11 is 0. The molecule has 0 aliphatic carbocycles. The molecule has 1 atom stereocenters. The first-order chi connectivity index (χ1) is 9.49. The lowest BCUT2D eigenvalue weighted by Gasteiger charge is -2.26. The Hall–Kier alpha value is -2.08. The van der Waals surface area contributed by atoms with Crippen LogP contribution in [0.15, 0.2) is 24.3 Å². The van der Waals surface area contributed by atoms with E-state index in [-0.39, 0.29) is 18.2 Å². The summed E-state index contributed by atoms with van der Waals surface area (Å²) in [5.74, 6) is -1.24. The van der Waals surface area contributed by atoms with Gasteiger partial charge in [0.15, 0.2) is 0 Å². The normalized spacial score (nSPS) is 12.2. The summed E-state index contributed by atoms with van der Waals surface area (Å²) in [6.45, 7) is 4.99. The van der Waals surface area contributed by atoms with E-state index < -0.39 is 12.0 Å². The maximum atomic E-state index is 11.9. The molecule has 0 spiro atoms. The van der Waals surface area contributed by atoms with Crippen LogP contribution in [0.3, 0.4) is 0 Å². The summed E-state index contributed by atoms with van der Waals surface area (Å²) in [6, 6.07) is 5.04. The Morgan fingerprint density at radius 2 is 1.75 bits per heavy atom. The zero-order chi connectivity index (χ0) is 15.1. The van der Waals surface area contributed by atoms with Crippen molar-refractivity contribution in [3.8, 4) is 5.75 Å². The highest BCUT2D eigenvalue weighted by atomic mass is 16.4. The van der Waals surface area contributed by atoms with E-state index in [1.54, 1.807) is 4.90 Å². The Kier molecular flexibility index (Phi) is 5.99. The first kappa shape index (κ1) is 16.0. The number of carboxylic acids is 1. The summed E-state index contributed by atoms with van der Waals surface area (Å²) in [6.07, 6.45) is 0. The van der Waals surface area contributed by atoms with Gasteiger partial charge in [0, 0.05) is 12.1 Å². The Labute approximate surface area is 118 Å². The van der Waals surface area contributed by atoms with Crippen molar-refractivity contribution in [1.82, 2.24) is 10.2 Å². The van der Waals surface area contributed by atoms with E-state index in [0.29, 0.717) is 18.7 Å². The second-order valence-electron chi connectivity index (χ2n) is 4.33. The summed E-state index contributed by atoms with van der Waals surface area (Å²) in [5, 5.41) is 21.0. The number of aliphatic carboxylic acids is 1. The van der Waals surface area contributed by atoms with E-state index in [0.717, 1.165) is 0 Å². The van der Waals surface area contributed by atoms with Gasteiger partial charge in [-0.25, -0.2) is 0 Å². The molecule has 3 N–H and O–H groups in total. The minimum Gasteiger partial charge on any atom is -0.508 e. The van der Waals surface area contributed by atoms with Crippen LogP contribution in [0.4, 0.5) is 0 Å². The predicted octanol–water partition coefficient (Wildman–Crippen LogP) is 0.917. The van der Waals surface area contributed by atoms with Crippen molar-refractivity contribution in [2.75, 3.05) is 19.6 Å². The molecule has 0 saturated carbocycles. The number of aromatic hydroxyl groups is 1. The average molecular weight is 280 g/mol. The number of carboxylic acid groups (broad SMARTS) is 1. The van der Waals surface area contributed by atoms with Gasteiger partial charge < -0.3 is 15.5 Å². The standard InChI is InChI=1S/C14H20N2O4/c1-3-16(4-2)12(14(19)20)9-15-13(18)10-5-7-11(17)8-6-10/h5-8,12,17H,3-4,9H2,1-2H3,(H,15,18)(H,19,20). The molecular formula is C14H20N2O4. The van der Waals surface area contributed by atoms with Crippen LogP contribution in [0.1, 0.15) is 24.2 Å².